The molecule has 0 unspecified atom stereocenters. The average molecular weight is 392 g/mol. The van der Waals surface area contributed by atoms with Crippen LogP contribution in [-0.4, -0.2) is 35.2 Å². The molecule has 0 aliphatic carbocycles. The van der Waals surface area contributed by atoms with Crippen LogP contribution >= 0.6 is 23.4 Å². The quantitative estimate of drug-likeness (QED) is 0.574. The smallest absolute Gasteiger partial charge is 0.328 e. The first-order valence-corrected chi connectivity index (χ1v) is 8.81. The lowest BCUT2D eigenvalue weighted by Gasteiger charge is -2.18. The molecule has 8 heteroatoms. The molecule has 1 aliphatic rings. The zero-order chi connectivity index (χ0) is 18.8. The molecule has 3 rings (SSSR count). The number of methoxy groups -OCH3 is 1. The zero-order valence-corrected chi connectivity index (χ0v) is 15.5. The number of esters is 1. The third-order valence-corrected chi connectivity index (χ3v) is 4.92. The molecular weight excluding hydrogens is 378 g/mol. The van der Waals surface area contributed by atoms with Crippen molar-refractivity contribution in [3.63, 3.8) is 0 Å². The molecule has 2 aromatic rings. The molecule has 1 aromatic carbocycles. The molecule has 2 amide bonds. The fourth-order valence-corrected chi connectivity index (χ4v) is 3.43. The minimum atomic E-state index is -0.986. The minimum absolute atomic E-state index is 0.183. The summed E-state index contributed by atoms with van der Waals surface area (Å²) in [5.74, 6) is -0.180. The summed E-state index contributed by atoms with van der Waals surface area (Å²) in [6.45, 7) is 1.44. The Morgan fingerprint density at radius 3 is 2.58 bits per heavy atom. The number of thioether (sulfide) groups is 1. The second-order valence-corrected chi connectivity index (χ2v) is 6.89. The Balaban J connectivity index is 1.83. The lowest BCUT2D eigenvalue weighted by atomic mass is 10.2. The number of hydrogen-bond donors (Lipinski definition) is 0. The van der Waals surface area contributed by atoms with Crippen molar-refractivity contribution in [2.24, 2.45) is 0 Å². The van der Waals surface area contributed by atoms with E-state index in [-0.39, 0.29) is 4.91 Å². The highest BCUT2D eigenvalue weighted by atomic mass is 35.5. The molecule has 1 aliphatic heterocycles. The number of rotatable bonds is 4. The third-order valence-electron chi connectivity index (χ3n) is 3.78. The summed E-state index contributed by atoms with van der Waals surface area (Å²) >= 11 is 6.62. The molecule has 0 saturated carbocycles. The van der Waals surface area contributed by atoms with Crippen LogP contribution in [-0.2, 0) is 14.3 Å². The molecule has 0 bridgehead atoms. The van der Waals surface area contributed by atoms with E-state index >= 15 is 0 Å². The van der Waals surface area contributed by atoms with Gasteiger partial charge in [0, 0.05) is 16.7 Å². The maximum Gasteiger partial charge on any atom is 0.328 e. The van der Waals surface area contributed by atoms with E-state index in [1.807, 2.05) is 12.1 Å². The minimum Gasteiger partial charge on any atom is -0.467 e. The average Bonchev–Trinajstić information content (AvgIpc) is 3.19. The summed E-state index contributed by atoms with van der Waals surface area (Å²) < 4.78 is 10.3. The Bertz CT molecular complexity index is 903. The van der Waals surface area contributed by atoms with E-state index < -0.39 is 23.2 Å². The van der Waals surface area contributed by atoms with Gasteiger partial charge in [-0.3, -0.25) is 14.5 Å². The number of benzene rings is 1. The number of ether oxygens (including phenoxy) is 1. The van der Waals surface area contributed by atoms with Crippen molar-refractivity contribution in [2.45, 2.75) is 13.0 Å². The van der Waals surface area contributed by atoms with Crippen LogP contribution in [0.4, 0.5) is 4.79 Å². The van der Waals surface area contributed by atoms with Crippen LogP contribution in [0.2, 0.25) is 5.02 Å². The van der Waals surface area contributed by atoms with Crippen molar-refractivity contribution >= 4 is 46.6 Å². The predicted octanol–water partition coefficient (Wildman–Crippen LogP) is 4.20. The number of halogens is 1. The number of carbonyl (C=O) groups is 3. The first-order chi connectivity index (χ1) is 12.4. The number of carbonyl (C=O) groups excluding carboxylic acids is 3. The lowest BCUT2D eigenvalue weighted by Crippen LogP contribution is -2.42. The summed E-state index contributed by atoms with van der Waals surface area (Å²) in [7, 11) is 1.20. The second kappa shape index (κ2) is 7.39. The highest BCUT2D eigenvalue weighted by molar-refractivity contribution is 8.18. The molecule has 0 radical (unpaired) electrons. The first kappa shape index (κ1) is 18.3. The van der Waals surface area contributed by atoms with Gasteiger partial charge in [0.2, 0.25) is 0 Å². The molecule has 134 valence electrons. The van der Waals surface area contributed by atoms with E-state index in [1.165, 1.54) is 20.1 Å². The van der Waals surface area contributed by atoms with Gasteiger partial charge in [-0.1, -0.05) is 11.6 Å². The molecule has 0 spiro atoms. The van der Waals surface area contributed by atoms with E-state index in [2.05, 4.69) is 4.74 Å². The van der Waals surface area contributed by atoms with Crippen LogP contribution in [0.25, 0.3) is 17.4 Å². The van der Waals surface area contributed by atoms with Gasteiger partial charge in [0.1, 0.15) is 17.6 Å². The molecule has 1 fully saturated rings. The van der Waals surface area contributed by atoms with Crippen LogP contribution < -0.4 is 0 Å². The van der Waals surface area contributed by atoms with Gasteiger partial charge in [-0.15, -0.1) is 0 Å². The van der Waals surface area contributed by atoms with Crippen molar-refractivity contribution < 1.29 is 23.5 Å². The van der Waals surface area contributed by atoms with Gasteiger partial charge in [-0.2, -0.15) is 0 Å². The van der Waals surface area contributed by atoms with Gasteiger partial charge in [0.15, 0.2) is 0 Å². The summed E-state index contributed by atoms with van der Waals surface area (Å²) in [5, 5.41) is 0.0950. The van der Waals surface area contributed by atoms with Gasteiger partial charge >= 0.3 is 5.97 Å². The van der Waals surface area contributed by atoms with Crippen molar-refractivity contribution in [3.05, 3.63) is 52.1 Å². The molecule has 1 saturated heterocycles. The van der Waals surface area contributed by atoms with E-state index in [1.54, 1.807) is 24.3 Å². The monoisotopic (exact) mass is 391 g/mol. The van der Waals surface area contributed by atoms with Gasteiger partial charge in [-0.05, 0) is 55.1 Å². The first-order valence-electron chi connectivity index (χ1n) is 7.61. The summed E-state index contributed by atoms with van der Waals surface area (Å²) in [6.07, 6.45) is 1.48. The van der Waals surface area contributed by atoms with Crippen molar-refractivity contribution in [1.82, 2.24) is 4.90 Å². The topological polar surface area (TPSA) is 76.8 Å². The molecular formula is C18H14ClNO5S. The summed E-state index contributed by atoms with van der Waals surface area (Å²) in [6, 6.07) is 9.60. The third kappa shape index (κ3) is 3.54. The van der Waals surface area contributed by atoms with Crippen LogP contribution in [0.1, 0.15) is 12.7 Å². The highest BCUT2D eigenvalue weighted by Crippen LogP contribution is 2.34. The molecule has 0 N–H and O–H groups in total. The standard InChI is InChI=1S/C18H14ClNO5S/c1-10(17(22)24-2)20-16(21)15(26-18(20)23)9-13-7-8-14(25-13)11-3-5-12(19)6-4-11/h3-10H,1-2H3/b15-9-/t10-/m0/s1. The summed E-state index contributed by atoms with van der Waals surface area (Å²) in [5.41, 5.74) is 0.835. The molecule has 2 heterocycles. The fraction of sp³-hybridized carbons (Fsp3) is 0.167. The Morgan fingerprint density at radius 1 is 1.23 bits per heavy atom. The number of hydrogen-bond acceptors (Lipinski definition) is 6. The maximum absolute atomic E-state index is 12.4. The number of amides is 2. The predicted molar refractivity (Wildman–Crippen MR) is 98.4 cm³/mol. The van der Waals surface area contributed by atoms with E-state index in [4.69, 9.17) is 16.0 Å². The Labute approximate surface area is 158 Å². The Morgan fingerprint density at radius 2 is 1.92 bits per heavy atom. The molecule has 6 nitrogen and oxygen atoms in total. The van der Waals surface area contributed by atoms with Crippen LogP contribution in [0.15, 0.2) is 45.7 Å². The van der Waals surface area contributed by atoms with Crippen molar-refractivity contribution in [2.75, 3.05) is 7.11 Å². The van der Waals surface area contributed by atoms with Crippen LogP contribution in [0.3, 0.4) is 0 Å². The molecule has 1 atom stereocenters. The Kier molecular flexibility index (Phi) is 5.20. The maximum atomic E-state index is 12.4. The largest absolute Gasteiger partial charge is 0.467 e. The van der Waals surface area contributed by atoms with Crippen molar-refractivity contribution in [1.29, 1.82) is 0 Å². The highest BCUT2D eigenvalue weighted by Gasteiger charge is 2.41. The van der Waals surface area contributed by atoms with E-state index in [9.17, 15) is 14.4 Å². The second-order valence-electron chi connectivity index (χ2n) is 5.46. The van der Waals surface area contributed by atoms with Crippen LogP contribution in [0, 0.1) is 0 Å². The SMILES string of the molecule is COC(=O)[C@H](C)N1C(=O)S/C(=C\c2ccc(-c3ccc(Cl)cc3)o2)C1=O. The lowest BCUT2D eigenvalue weighted by molar-refractivity contribution is -0.148. The number of furan rings is 1. The fourth-order valence-electron chi connectivity index (χ4n) is 2.42. The van der Waals surface area contributed by atoms with E-state index in [0.29, 0.717) is 16.5 Å². The van der Waals surface area contributed by atoms with Crippen molar-refractivity contribution in [3.8, 4) is 11.3 Å². The van der Waals surface area contributed by atoms with Gasteiger partial charge in [0.25, 0.3) is 11.1 Å². The van der Waals surface area contributed by atoms with E-state index in [0.717, 1.165) is 22.2 Å². The van der Waals surface area contributed by atoms with Gasteiger partial charge < -0.3 is 9.15 Å². The number of imide groups is 1. The zero-order valence-electron chi connectivity index (χ0n) is 13.9. The van der Waals surface area contributed by atoms with Gasteiger partial charge in [0.05, 0.1) is 12.0 Å². The summed E-state index contributed by atoms with van der Waals surface area (Å²) in [4.78, 5) is 37.2. The number of nitrogens with zero attached hydrogens (tertiary/aromatic N) is 1. The Hall–Kier alpha value is -2.51. The normalized spacial score (nSPS) is 17.0. The van der Waals surface area contributed by atoms with Gasteiger partial charge in [-0.25, -0.2) is 4.79 Å². The molecule has 26 heavy (non-hydrogen) atoms. The molecule has 1 aromatic heterocycles. The van der Waals surface area contributed by atoms with Crippen LogP contribution in [0.5, 0.6) is 0 Å².